The zero-order valence-electron chi connectivity index (χ0n) is 66.9. The molecule has 5 atom stereocenters. The Labute approximate surface area is 641 Å². The molecule has 105 heavy (non-hydrogen) atoms. The first-order chi connectivity index (χ1) is 51.2. The number of unbranched alkanes of at least 4 members (excludes halogenated alkanes) is 42. The predicted octanol–water partition coefficient (Wildman–Crippen LogP) is 25.3. The summed E-state index contributed by atoms with van der Waals surface area (Å²) in [6, 6.07) is 0. The molecule has 0 aromatic heterocycles. The Hall–Kier alpha value is -3.53. The van der Waals surface area contributed by atoms with Gasteiger partial charge in [-0.2, -0.15) is 0 Å². The lowest BCUT2D eigenvalue weighted by Crippen LogP contribution is -2.30. The first-order valence-electron chi connectivity index (χ1n) is 42.5. The minimum atomic E-state index is -4.93. The second kappa shape index (κ2) is 80.0. The first kappa shape index (κ1) is 101. The number of phosphoric acid groups is 2. The number of rotatable bonds is 81. The molecule has 0 rings (SSSR count). The third-order valence-corrected chi connectivity index (χ3v) is 20.2. The monoisotopic (exact) mass is 1520 g/mol. The minimum Gasteiger partial charge on any atom is -0.463 e. The Morgan fingerprint density at radius 1 is 0.276 bits per heavy atom. The highest BCUT2D eigenvalue weighted by molar-refractivity contribution is 7.47. The van der Waals surface area contributed by atoms with E-state index in [4.69, 9.17) is 32.3 Å². The summed E-state index contributed by atoms with van der Waals surface area (Å²) in [5.41, 5.74) is 0. The first-order valence-corrected chi connectivity index (χ1v) is 45.5. The van der Waals surface area contributed by atoms with Gasteiger partial charge >= 0.3 is 33.6 Å². The van der Waals surface area contributed by atoms with Crippen molar-refractivity contribution in [3.05, 3.63) is 97.2 Å². The molecule has 0 bridgehead atoms. The van der Waals surface area contributed by atoms with Crippen molar-refractivity contribution in [2.45, 2.75) is 399 Å². The van der Waals surface area contributed by atoms with Gasteiger partial charge in [-0.1, -0.05) is 356 Å². The predicted molar refractivity (Wildman–Crippen MR) is 436 cm³/mol. The van der Waals surface area contributed by atoms with E-state index in [-0.39, 0.29) is 19.3 Å². The van der Waals surface area contributed by atoms with Crippen molar-refractivity contribution in [3.8, 4) is 0 Å². The number of ether oxygens (including phenoxy) is 3. The average Bonchev–Trinajstić information content (AvgIpc) is 0.942. The maximum absolute atomic E-state index is 13.0. The van der Waals surface area contributed by atoms with E-state index in [1.807, 2.05) is 0 Å². The van der Waals surface area contributed by atoms with Gasteiger partial charge in [-0.25, -0.2) is 9.13 Å². The van der Waals surface area contributed by atoms with Crippen LogP contribution in [0, 0.1) is 0 Å². The molecule has 0 aromatic rings. The molecule has 0 amide bonds. The van der Waals surface area contributed by atoms with Gasteiger partial charge in [0.05, 0.1) is 26.4 Å². The van der Waals surface area contributed by atoms with Crippen molar-refractivity contribution in [2.75, 3.05) is 39.6 Å². The highest BCUT2D eigenvalue weighted by Gasteiger charge is 2.29. The van der Waals surface area contributed by atoms with E-state index in [0.29, 0.717) is 19.3 Å². The minimum absolute atomic E-state index is 0.107. The lowest BCUT2D eigenvalue weighted by atomic mass is 10.0. The van der Waals surface area contributed by atoms with Gasteiger partial charge in [0, 0.05) is 19.3 Å². The molecule has 0 spiro atoms. The number of esters is 3. The topological polar surface area (TPSA) is 231 Å². The SMILES string of the molecule is CC/C=C\C/C=C\C/C=C\C/C=C\C/C=C\CCCCCCCCCCCCCCCCCCCCCC(=O)OCC(O)COP(=O)(O)OCC(O)COP(=O)(O)OCC(COC(=O)CCCCCCCC/C=C\C/C=C\C/C=C\CCCCC)OC(=O)CCCCCCCCCCCCCCCCC. The number of allylic oxidation sites excluding steroid dienone is 16. The number of aliphatic hydroxyl groups excluding tert-OH is 2. The Kier molecular flexibility index (Phi) is 77.3. The Balaban J connectivity index is 4.38. The van der Waals surface area contributed by atoms with Crippen LogP contribution in [-0.2, 0) is 55.8 Å². The molecular formula is C87H156O16P2. The van der Waals surface area contributed by atoms with Crippen LogP contribution in [0.15, 0.2) is 97.2 Å². The summed E-state index contributed by atoms with van der Waals surface area (Å²) in [5, 5.41) is 20.7. The second-order valence-electron chi connectivity index (χ2n) is 28.6. The highest BCUT2D eigenvalue weighted by Crippen LogP contribution is 2.45. The van der Waals surface area contributed by atoms with Gasteiger partial charge in [0.1, 0.15) is 25.4 Å². The smallest absolute Gasteiger partial charge is 0.463 e. The van der Waals surface area contributed by atoms with Crippen LogP contribution in [0.2, 0.25) is 0 Å². The van der Waals surface area contributed by atoms with E-state index in [0.717, 1.165) is 135 Å². The fourth-order valence-corrected chi connectivity index (χ4v) is 13.4. The van der Waals surface area contributed by atoms with Crippen LogP contribution < -0.4 is 0 Å². The summed E-state index contributed by atoms with van der Waals surface area (Å²) in [5.74, 6) is -1.57. The molecule has 0 aliphatic heterocycles. The average molecular weight is 1520 g/mol. The van der Waals surface area contributed by atoms with Crippen molar-refractivity contribution >= 4 is 33.6 Å². The number of carbonyl (C=O) groups excluding carboxylic acids is 3. The molecule has 0 aliphatic rings. The van der Waals surface area contributed by atoms with Crippen LogP contribution >= 0.6 is 15.6 Å². The van der Waals surface area contributed by atoms with Crippen LogP contribution in [0.4, 0.5) is 0 Å². The van der Waals surface area contributed by atoms with Gasteiger partial charge in [-0.15, -0.1) is 0 Å². The molecule has 18 heteroatoms. The maximum atomic E-state index is 13.0. The number of aliphatic hydroxyl groups is 2. The van der Waals surface area contributed by atoms with Crippen molar-refractivity contribution in [1.82, 2.24) is 0 Å². The molecule has 0 heterocycles. The second-order valence-corrected chi connectivity index (χ2v) is 31.5. The van der Waals surface area contributed by atoms with E-state index in [2.05, 4.69) is 118 Å². The van der Waals surface area contributed by atoms with Gasteiger partial charge < -0.3 is 34.2 Å². The standard InChI is InChI=1S/C87H156O16P2/c1-4-7-10-13-16-19-22-25-28-30-32-33-34-35-36-37-38-39-40-41-42-43-44-45-46-47-49-51-53-55-58-61-64-67-70-73-85(90)97-76-82(88)77-99-104(93,94)100-78-83(89)79-101-105(95,96)102-81-84(103-87(92)75-72-69-66-63-60-57-52-27-24-21-18-15-12-9-6-3)80-98-86(91)74-71-68-65-62-59-56-54-50-48-31-29-26-23-20-17-14-11-8-5-2/h7,10,16-17,19-20,25-26,28-29,32-33,35-36,48,50,82-84,88-89H,4-6,8-9,11-15,18,21-24,27,30-31,34,37-47,49,51-81H2,1-3H3,(H,93,94)(H,95,96)/b10-7-,19-16-,20-17-,28-25-,29-26-,33-32-,36-35-,50-48-. The van der Waals surface area contributed by atoms with Crippen LogP contribution in [0.3, 0.4) is 0 Å². The van der Waals surface area contributed by atoms with Crippen molar-refractivity contribution < 1.29 is 75.8 Å². The summed E-state index contributed by atoms with van der Waals surface area (Å²) >= 11 is 0. The largest absolute Gasteiger partial charge is 0.472 e. The van der Waals surface area contributed by atoms with Gasteiger partial charge in [-0.3, -0.25) is 32.5 Å². The summed E-state index contributed by atoms with van der Waals surface area (Å²) in [6.07, 6.45) is 93.3. The molecule has 4 N–H and O–H groups in total. The molecular weight excluding hydrogens is 1360 g/mol. The Bertz CT molecular complexity index is 2300. The lowest BCUT2D eigenvalue weighted by Gasteiger charge is -2.21. The maximum Gasteiger partial charge on any atom is 0.472 e. The van der Waals surface area contributed by atoms with Crippen molar-refractivity contribution in [1.29, 1.82) is 0 Å². The fraction of sp³-hybridized carbons (Fsp3) is 0.782. The zero-order valence-corrected chi connectivity index (χ0v) is 68.7. The van der Waals surface area contributed by atoms with Gasteiger partial charge in [0.2, 0.25) is 0 Å². The highest BCUT2D eigenvalue weighted by atomic mass is 31.2. The Morgan fingerprint density at radius 3 is 0.819 bits per heavy atom. The van der Waals surface area contributed by atoms with Crippen LogP contribution in [0.1, 0.15) is 380 Å². The zero-order chi connectivity index (χ0) is 76.6. The molecule has 0 saturated carbocycles. The van der Waals surface area contributed by atoms with Crippen LogP contribution in [0.5, 0.6) is 0 Å². The third-order valence-electron chi connectivity index (χ3n) is 18.3. The lowest BCUT2D eigenvalue weighted by molar-refractivity contribution is -0.161. The molecule has 0 saturated heterocycles. The molecule has 0 aliphatic carbocycles. The molecule has 5 unspecified atom stereocenters. The van der Waals surface area contributed by atoms with E-state index in [1.165, 1.54) is 186 Å². The molecule has 16 nitrogen and oxygen atoms in total. The fourth-order valence-electron chi connectivity index (χ4n) is 11.8. The quantitative estimate of drug-likeness (QED) is 0.0146. The number of hydrogen-bond acceptors (Lipinski definition) is 14. The summed E-state index contributed by atoms with van der Waals surface area (Å²) in [4.78, 5) is 58.7. The molecule has 610 valence electrons. The normalized spacial score (nSPS) is 14.4. The van der Waals surface area contributed by atoms with Crippen LogP contribution in [0.25, 0.3) is 0 Å². The molecule has 0 aromatic carbocycles. The molecule has 0 fully saturated rings. The van der Waals surface area contributed by atoms with Gasteiger partial charge in [0.15, 0.2) is 6.10 Å². The summed E-state index contributed by atoms with van der Waals surface area (Å²) in [7, 11) is -9.78. The van der Waals surface area contributed by atoms with E-state index >= 15 is 0 Å². The number of carbonyl (C=O) groups is 3. The molecule has 0 radical (unpaired) electrons. The van der Waals surface area contributed by atoms with E-state index in [9.17, 15) is 43.5 Å². The van der Waals surface area contributed by atoms with E-state index in [1.54, 1.807) is 0 Å². The van der Waals surface area contributed by atoms with Crippen LogP contribution in [-0.4, -0.2) is 95.9 Å². The van der Waals surface area contributed by atoms with E-state index < -0.39 is 91.5 Å². The number of hydrogen-bond donors (Lipinski definition) is 4. The van der Waals surface area contributed by atoms with Crippen molar-refractivity contribution in [2.24, 2.45) is 0 Å². The number of phosphoric ester groups is 2. The van der Waals surface area contributed by atoms with Gasteiger partial charge in [-0.05, 0) is 103 Å². The van der Waals surface area contributed by atoms with Gasteiger partial charge in [0.25, 0.3) is 0 Å². The third kappa shape index (κ3) is 81.3. The van der Waals surface area contributed by atoms with Crippen molar-refractivity contribution in [3.63, 3.8) is 0 Å². The Morgan fingerprint density at radius 2 is 0.505 bits per heavy atom. The summed E-state index contributed by atoms with van der Waals surface area (Å²) in [6.45, 7) is 2.59. The summed E-state index contributed by atoms with van der Waals surface area (Å²) < 4.78 is 61.2.